The Labute approximate surface area is 132 Å². The first-order valence-corrected chi connectivity index (χ1v) is 8.62. The maximum absolute atomic E-state index is 11.3. The monoisotopic (exact) mass is 373 g/mol. The Balaban J connectivity index is 2.15. The molecule has 0 amide bonds. The van der Waals surface area contributed by atoms with Gasteiger partial charge in [-0.25, -0.2) is 13.6 Å². The highest BCUT2D eigenvalue weighted by molar-refractivity contribution is 9.10. The fraction of sp³-hybridized carbons (Fsp3) is 0.308. The number of ether oxygens (including phenoxy) is 1. The van der Waals surface area contributed by atoms with E-state index in [4.69, 9.17) is 9.88 Å². The Morgan fingerprint density at radius 1 is 1.38 bits per heavy atom. The van der Waals surface area contributed by atoms with Gasteiger partial charge in [0, 0.05) is 7.05 Å². The molecule has 1 aromatic carbocycles. The van der Waals surface area contributed by atoms with E-state index in [1.165, 1.54) is 12.1 Å². The predicted octanol–water partition coefficient (Wildman–Crippen LogP) is 1.97. The largest absolute Gasteiger partial charge is 0.486 e. The van der Waals surface area contributed by atoms with Crippen molar-refractivity contribution in [2.75, 3.05) is 0 Å². The van der Waals surface area contributed by atoms with E-state index >= 15 is 0 Å². The molecular formula is C13H16BrN3O3S. The van der Waals surface area contributed by atoms with E-state index in [1.54, 1.807) is 10.7 Å². The summed E-state index contributed by atoms with van der Waals surface area (Å²) in [6.45, 7) is 2.38. The zero-order valence-electron chi connectivity index (χ0n) is 11.7. The number of aromatic nitrogens is 2. The molecule has 0 fully saturated rings. The van der Waals surface area contributed by atoms with Gasteiger partial charge in [-0.2, -0.15) is 5.10 Å². The number of primary sulfonamides is 1. The van der Waals surface area contributed by atoms with Gasteiger partial charge in [-0.3, -0.25) is 4.68 Å². The Hall–Kier alpha value is -1.38. The molecule has 0 radical (unpaired) electrons. The molecule has 2 rings (SSSR count). The first-order valence-electron chi connectivity index (χ1n) is 6.28. The van der Waals surface area contributed by atoms with Crippen molar-refractivity contribution in [3.8, 4) is 5.75 Å². The van der Waals surface area contributed by atoms with E-state index < -0.39 is 10.0 Å². The highest BCUT2D eigenvalue weighted by Gasteiger charge is 2.12. The number of rotatable bonds is 5. The van der Waals surface area contributed by atoms with E-state index in [9.17, 15) is 8.42 Å². The number of hydrogen-bond acceptors (Lipinski definition) is 4. The van der Waals surface area contributed by atoms with Gasteiger partial charge in [0.1, 0.15) is 12.4 Å². The van der Waals surface area contributed by atoms with Gasteiger partial charge in [0.05, 0.1) is 20.8 Å². The molecule has 6 nitrogen and oxygen atoms in total. The van der Waals surface area contributed by atoms with Crippen LogP contribution in [0.2, 0.25) is 0 Å². The maximum atomic E-state index is 11.3. The maximum Gasteiger partial charge on any atom is 0.238 e. The first kappa shape index (κ1) is 16.0. The van der Waals surface area contributed by atoms with Crippen LogP contribution < -0.4 is 9.88 Å². The lowest BCUT2D eigenvalue weighted by atomic mass is 10.3. The van der Waals surface area contributed by atoms with Crippen LogP contribution in [0.25, 0.3) is 0 Å². The van der Waals surface area contributed by atoms with Gasteiger partial charge in [-0.1, -0.05) is 6.92 Å². The van der Waals surface area contributed by atoms with Crippen LogP contribution in [0.4, 0.5) is 0 Å². The minimum absolute atomic E-state index is 0.0375. The van der Waals surface area contributed by atoms with Crippen LogP contribution in [0, 0.1) is 0 Å². The molecule has 2 aromatic rings. The number of aryl methyl sites for hydroxylation is 2. The SMILES string of the molecule is CCc1cc(COc2ccc(S(N)(=O)=O)cc2Br)n(C)n1. The molecule has 8 heteroatoms. The van der Waals surface area contributed by atoms with Crippen molar-refractivity contribution in [1.29, 1.82) is 0 Å². The fourth-order valence-electron chi connectivity index (χ4n) is 1.81. The first-order chi connectivity index (χ1) is 9.81. The van der Waals surface area contributed by atoms with Crippen molar-refractivity contribution in [3.63, 3.8) is 0 Å². The van der Waals surface area contributed by atoms with E-state index in [0.717, 1.165) is 17.8 Å². The van der Waals surface area contributed by atoms with Crippen LogP contribution in [0.15, 0.2) is 33.6 Å². The van der Waals surface area contributed by atoms with Crippen molar-refractivity contribution in [1.82, 2.24) is 9.78 Å². The van der Waals surface area contributed by atoms with Crippen molar-refractivity contribution in [3.05, 3.63) is 40.1 Å². The molecule has 2 N–H and O–H groups in total. The quantitative estimate of drug-likeness (QED) is 0.867. The van der Waals surface area contributed by atoms with Crippen LogP contribution in [-0.4, -0.2) is 18.2 Å². The Bertz CT molecular complexity index is 756. The number of sulfonamides is 1. The molecule has 1 heterocycles. The number of halogens is 1. The average molecular weight is 374 g/mol. The molecule has 0 saturated heterocycles. The summed E-state index contributed by atoms with van der Waals surface area (Å²) in [4.78, 5) is 0.0375. The van der Waals surface area contributed by atoms with Gasteiger partial charge in [-0.15, -0.1) is 0 Å². The van der Waals surface area contributed by atoms with Gasteiger partial charge in [0.15, 0.2) is 0 Å². The van der Waals surface area contributed by atoms with Crippen molar-refractivity contribution in [2.45, 2.75) is 24.8 Å². The number of benzene rings is 1. The van der Waals surface area contributed by atoms with E-state index in [0.29, 0.717) is 16.8 Å². The third-order valence-electron chi connectivity index (χ3n) is 3.00. The molecular weight excluding hydrogens is 358 g/mol. The van der Waals surface area contributed by atoms with Crippen molar-refractivity contribution >= 4 is 26.0 Å². The van der Waals surface area contributed by atoms with E-state index in [2.05, 4.69) is 21.0 Å². The molecule has 0 aliphatic rings. The zero-order valence-corrected chi connectivity index (χ0v) is 14.1. The van der Waals surface area contributed by atoms with Gasteiger partial charge in [0.2, 0.25) is 10.0 Å². The third-order valence-corrected chi connectivity index (χ3v) is 4.53. The summed E-state index contributed by atoms with van der Waals surface area (Å²) in [5, 5.41) is 9.42. The lowest BCUT2D eigenvalue weighted by Gasteiger charge is -2.09. The summed E-state index contributed by atoms with van der Waals surface area (Å²) in [5.41, 5.74) is 1.94. The summed E-state index contributed by atoms with van der Waals surface area (Å²) in [5.74, 6) is 0.543. The molecule has 0 aliphatic heterocycles. The van der Waals surface area contributed by atoms with Crippen LogP contribution in [0.3, 0.4) is 0 Å². The predicted molar refractivity (Wildman–Crippen MR) is 82.4 cm³/mol. The van der Waals surface area contributed by atoms with Crippen molar-refractivity contribution < 1.29 is 13.2 Å². The minimum Gasteiger partial charge on any atom is -0.486 e. The van der Waals surface area contributed by atoms with Crippen LogP contribution in [-0.2, 0) is 30.1 Å². The Morgan fingerprint density at radius 2 is 2.10 bits per heavy atom. The van der Waals surface area contributed by atoms with Gasteiger partial charge in [-0.05, 0) is 46.6 Å². The summed E-state index contributed by atoms with van der Waals surface area (Å²) >= 11 is 3.28. The van der Waals surface area contributed by atoms with Crippen LogP contribution >= 0.6 is 15.9 Å². The summed E-state index contributed by atoms with van der Waals surface area (Å²) < 4.78 is 30.5. The molecule has 0 saturated carbocycles. The average Bonchev–Trinajstić information content (AvgIpc) is 2.77. The fourth-order valence-corrected chi connectivity index (χ4v) is 2.99. The van der Waals surface area contributed by atoms with E-state index in [-0.39, 0.29) is 4.90 Å². The second-order valence-corrected chi connectivity index (χ2v) is 6.95. The second-order valence-electron chi connectivity index (χ2n) is 4.53. The lowest BCUT2D eigenvalue weighted by molar-refractivity contribution is 0.293. The second kappa shape index (κ2) is 6.17. The summed E-state index contributed by atoms with van der Waals surface area (Å²) in [7, 11) is -1.86. The molecule has 0 unspecified atom stereocenters. The molecule has 0 aliphatic carbocycles. The third kappa shape index (κ3) is 3.84. The molecule has 114 valence electrons. The molecule has 21 heavy (non-hydrogen) atoms. The van der Waals surface area contributed by atoms with Crippen LogP contribution in [0.5, 0.6) is 5.75 Å². The minimum atomic E-state index is -3.72. The Kier molecular flexibility index (Phi) is 4.70. The smallest absolute Gasteiger partial charge is 0.238 e. The highest BCUT2D eigenvalue weighted by Crippen LogP contribution is 2.28. The van der Waals surface area contributed by atoms with Gasteiger partial charge in [0.25, 0.3) is 0 Å². The molecule has 0 atom stereocenters. The molecule has 0 spiro atoms. The van der Waals surface area contributed by atoms with E-state index in [1.807, 2.05) is 20.0 Å². The number of nitrogens with two attached hydrogens (primary N) is 1. The molecule has 0 bridgehead atoms. The normalized spacial score (nSPS) is 11.6. The van der Waals surface area contributed by atoms with Gasteiger partial charge >= 0.3 is 0 Å². The number of nitrogens with zero attached hydrogens (tertiary/aromatic N) is 2. The summed E-state index contributed by atoms with van der Waals surface area (Å²) in [6, 6.07) is 6.38. The lowest BCUT2D eigenvalue weighted by Crippen LogP contribution is -2.12. The topological polar surface area (TPSA) is 87.2 Å². The summed E-state index contributed by atoms with van der Waals surface area (Å²) in [6.07, 6.45) is 0.862. The van der Waals surface area contributed by atoms with Gasteiger partial charge < -0.3 is 4.74 Å². The van der Waals surface area contributed by atoms with Crippen molar-refractivity contribution in [2.24, 2.45) is 12.2 Å². The standard InChI is InChI=1S/C13H16BrN3O3S/c1-3-9-6-10(17(2)16-9)8-20-13-5-4-11(7-12(13)14)21(15,18)19/h4-7H,3,8H2,1-2H3,(H2,15,18,19). The number of hydrogen-bond donors (Lipinski definition) is 1. The van der Waals surface area contributed by atoms with Crippen LogP contribution in [0.1, 0.15) is 18.3 Å². The Morgan fingerprint density at radius 3 is 2.62 bits per heavy atom. The molecule has 1 aromatic heterocycles. The highest BCUT2D eigenvalue weighted by atomic mass is 79.9. The zero-order chi connectivity index (χ0) is 15.6.